The summed E-state index contributed by atoms with van der Waals surface area (Å²) < 4.78 is 0. The van der Waals surface area contributed by atoms with Gasteiger partial charge in [-0.1, -0.05) is 20.3 Å². The van der Waals surface area contributed by atoms with Crippen LogP contribution in [0.2, 0.25) is 0 Å². The summed E-state index contributed by atoms with van der Waals surface area (Å²) in [5.74, 6) is -5.93. The van der Waals surface area contributed by atoms with Crippen molar-refractivity contribution < 1.29 is 39.3 Å². The van der Waals surface area contributed by atoms with Gasteiger partial charge in [0.2, 0.25) is 17.7 Å². The molecule has 0 saturated carbocycles. The third kappa shape index (κ3) is 11.4. The number of aliphatic hydroxyl groups excluding tert-OH is 1. The van der Waals surface area contributed by atoms with Crippen LogP contribution < -0.4 is 33.2 Å². The quantitative estimate of drug-likeness (QED) is 0.0580. The molecular formula is C19H35N7O8. The Labute approximate surface area is 196 Å². The van der Waals surface area contributed by atoms with Crippen molar-refractivity contribution in [1.82, 2.24) is 16.0 Å². The standard InChI is InChI=1S/C19H35N7O8/c1-3-9(2)14(18(33)34)26-17(32)12(8-27)25-16(31)11(5-4-6-23-19(21)22)24-15(30)10(20)7-13(28)29/h9-12,14,27H,3-8,20H2,1-2H3,(H,24,30)(H,25,31)(H,26,32)(H,28,29)(H,33,34)(H4,21,22,23). The zero-order chi connectivity index (χ0) is 26.4. The molecule has 0 bridgehead atoms. The van der Waals surface area contributed by atoms with Gasteiger partial charge < -0.3 is 48.5 Å². The molecule has 0 radical (unpaired) electrons. The van der Waals surface area contributed by atoms with E-state index in [0.29, 0.717) is 6.42 Å². The highest BCUT2D eigenvalue weighted by atomic mass is 16.4. The van der Waals surface area contributed by atoms with E-state index in [0.717, 1.165) is 0 Å². The number of nitrogens with two attached hydrogens (primary N) is 3. The van der Waals surface area contributed by atoms with E-state index in [1.54, 1.807) is 13.8 Å². The number of carbonyl (C=O) groups excluding carboxylic acids is 3. The molecule has 0 aliphatic carbocycles. The summed E-state index contributed by atoms with van der Waals surface area (Å²) >= 11 is 0. The van der Waals surface area contributed by atoms with Gasteiger partial charge in [0, 0.05) is 6.54 Å². The Bertz CT molecular complexity index is 757. The maximum absolute atomic E-state index is 12.8. The first-order valence-electron chi connectivity index (χ1n) is 10.6. The van der Waals surface area contributed by atoms with Crippen LogP contribution in [0.3, 0.4) is 0 Å². The number of aliphatic hydroxyl groups is 1. The summed E-state index contributed by atoms with van der Waals surface area (Å²) in [6, 6.07) is -5.46. The number of hydrogen-bond acceptors (Lipinski definition) is 8. The van der Waals surface area contributed by atoms with Gasteiger partial charge in [-0.15, -0.1) is 0 Å². The van der Waals surface area contributed by atoms with Crippen LogP contribution in [0, 0.1) is 5.92 Å². The Morgan fingerprint density at radius 1 is 0.941 bits per heavy atom. The summed E-state index contributed by atoms with van der Waals surface area (Å²) in [6.07, 6.45) is -0.0238. The van der Waals surface area contributed by atoms with E-state index in [2.05, 4.69) is 20.9 Å². The van der Waals surface area contributed by atoms with Crippen LogP contribution in [0.15, 0.2) is 4.99 Å². The SMILES string of the molecule is CCC(C)C(NC(=O)C(CO)NC(=O)C(CCCN=C(N)N)NC(=O)C(N)CC(=O)O)C(=O)O. The molecule has 5 unspecified atom stereocenters. The lowest BCUT2D eigenvalue weighted by atomic mass is 9.99. The molecule has 12 N–H and O–H groups in total. The average molecular weight is 490 g/mol. The largest absolute Gasteiger partial charge is 0.481 e. The third-order valence-corrected chi connectivity index (χ3v) is 4.90. The summed E-state index contributed by atoms with van der Waals surface area (Å²) in [4.78, 5) is 63.4. The smallest absolute Gasteiger partial charge is 0.326 e. The predicted octanol–water partition coefficient (Wildman–Crippen LogP) is -3.58. The van der Waals surface area contributed by atoms with Gasteiger partial charge >= 0.3 is 11.9 Å². The van der Waals surface area contributed by atoms with Crippen LogP contribution in [0.25, 0.3) is 0 Å². The summed E-state index contributed by atoms with van der Waals surface area (Å²) in [5, 5.41) is 34.5. The highest BCUT2D eigenvalue weighted by molar-refractivity contribution is 5.94. The molecule has 0 aromatic carbocycles. The Hall–Kier alpha value is -3.46. The van der Waals surface area contributed by atoms with E-state index < -0.39 is 72.8 Å². The molecule has 0 aromatic heterocycles. The highest BCUT2D eigenvalue weighted by Crippen LogP contribution is 2.08. The predicted molar refractivity (Wildman–Crippen MR) is 120 cm³/mol. The molecule has 15 nitrogen and oxygen atoms in total. The Morgan fingerprint density at radius 3 is 1.97 bits per heavy atom. The minimum atomic E-state index is -1.51. The molecule has 0 rings (SSSR count). The molecule has 194 valence electrons. The molecule has 5 atom stereocenters. The van der Waals surface area contributed by atoms with E-state index in [1.807, 2.05) is 0 Å². The fraction of sp³-hybridized carbons (Fsp3) is 0.684. The lowest BCUT2D eigenvalue weighted by Crippen LogP contribution is -2.58. The van der Waals surface area contributed by atoms with Crippen LogP contribution in [0.1, 0.15) is 39.5 Å². The van der Waals surface area contributed by atoms with Crippen molar-refractivity contribution in [2.45, 2.75) is 63.7 Å². The Morgan fingerprint density at radius 2 is 1.50 bits per heavy atom. The van der Waals surface area contributed by atoms with E-state index in [9.17, 15) is 34.2 Å². The molecule has 3 amide bonds. The number of nitrogens with one attached hydrogen (secondary N) is 3. The minimum Gasteiger partial charge on any atom is -0.481 e. The number of guanidine groups is 1. The number of carboxylic acids is 2. The van der Waals surface area contributed by atoms with Crippen LogP contribution in [-0.4, -0.2) is 88.3 Å². The van der Waals surface area contributed by atoms with Crippen molar-refractivity contribution in [2.24, 2.45) is 28.1 Å². The number of hydrogen-bond donors (Lipinski definition) is 9. The first-order valence-corrected chi connectivity index (χ1v) is 10.6. The molecule has 0 spiro atoms. The molecule has 34 heavy (non-hydrogen) atoms. The van der Waals surface area contributed by atoms with Gasteiger partial charge in [-0.2, -0.15) is 0 Å². The number of aliphatic imine (C=N–C) groups is 1. The lowest BCUT2D eigenvalue weighted by Gasteiger charge is -2.25. The zero-order valence-corrected chi connectivity index (χ0v) is 19.2. The van der Waals surface area contributed by atoms with Crippen molar-refractivity contribution in [3.8, 4) is 0 Å². The fourth-order valence-corrected chi connectivity index (χ4v) is 2.74. The number of rotatable bonds is 16. The molecule has 0 saturated heterocycles. The second kappa shape index (κ2) is 15.4. The molecule has 0 aliphatic heterocycles. The normalized spacial score (nSPS) is 15.1. The second-order valence-electron chi connectivity index (χ2n) is 7.67. The van der Waals surface area contributed by atoms with Crippen molar-refractivity contribution in [1.29, 1.82) is 0 Å². The topological polar surface area (TPSA) is 273 Å². The summed E-state index contributed by atoms with van der Waals surface area (Å²) in [5.41, 5.74) is 16.0. The van der Waals surface area contributed by atoms with E-state index in [4.69, 9.17) is 22.3 Å². The molecule has 0 fully saturated rings. The van der Waals surface area contributed by atoms with E-state index in [1.165, 1.54) is 0 Å². The number of aliphatic carboxylic acids is 2. The minimum absolute atomic E-state index is 0.0153. The molecule has 15 heteroatoms. The van der Waals surface area contributed by atoms with Gasteiger partial charge in [-0.3, -0.25) is 24.2 Å². The van der Waals surface area contributed by atoms with Gasteiger partial charge in [0.1, 0.15) is 18.1 Å². The maximum atomic E-state index is 12.8. The van der Waals surface area contributed by atoms with Crippen LogP contribution in [-0.2, 0) is 24.0 Å². The molecule has 0 heterocycles. The van der Waals surface area contributed by atoms with Gasteiger partial charge in [-0.05, 0) is 18.8 Å². The van der Waals surface area contributed by atoms with Crippen molar-refractivity contribution >= 4 is 35.6 Å². The first kappa shape index (κ1) is 30.5. The lowest BCUT2D eigenvalue weighted by molar-refractivity contribution is -0.144. The van der Waals surface area contributed by atoms with Crippen molar-refractivity contribution in [2.75, 3.05) is 13.2 Å². The van der Waals surface area contributed by atoms with Crippen LogP contribution >= 0.6 is 0 Å². The second-order valence-corrected chi connectivity index (χ2v) is 7.67. The zero-order valence-electron chi connectivity index (χ0n) is 19.2. The molecule has 0 aromatic rings. The summed E-state index contributed by atoms with van der Waals surface area (Å²) in [7, 11) is 0. The maximum Gasteiger partial charge on any atom is 0.326 e. The number of carbonyl (C=O) groups is 5. The van der Waals surface area contributed by atoms with Gasteiger partial charge in [0.15, 0.2) is 5.96 Å². The third-order valence-electron chi connectivity index (χ3n) is 4.90. The molecular weight excluding hydrogens is 454 g/mol. The van der Waals surface area contributed by atoms with E-state index >= 15 is 0 Å². The van der Waals surface area contributed by atoms with Crippen molar-refractivity contribution in [3.63, 3.8) is 0 Å². The fourth-order valence-electron chi connectivity index (χ4n) is 2.74. The van der Waals surface area contributed by atoms with Crippen LogP contribution in [0.4, 0.5) is 0 Å². The van der Waals surface area contributed by atoms with Gasteiger partial charge in [-0.25, -0.2) is 4.79 Å². The van der Waals surface area contributed by atoms with Gasteiger partial charge in [0.25, 0.3) is 0 Å². The summed E-state index contributed by atoms with van der Waals surface area (Å²) in [6.45, 7) is 2.62. The van der Waals surface area contributed by atoms with E-state index in [-0.39, 0.29) is 25.3 Å². The Balaban J connectivity index is 5.41. The van der Waals surface area contributed by atoms with Gasteiger partial charge in [0.05, 0.1) is 19.1 Å². The van der Waals surface area contributed by atoms with Crippen LogP contribution in [0.5, 0.6) is 0 Å². The Kier molecular flexibility index (Phi) is 13.8. The van der Waals surface area contributed by atoms with Crippen molar-refractivity contribution in [3.05, 3.63) is 0 Å². The number of nitrogens with zero attached hydrogens (tertiary/aromatic N) is 1. The average Bonchev–Trinajstić information content (AvgIpc) is 2.75. The number of amides is 3. The number of carboxylic acid groups (broad SMARTS) is 2. The first-order chi connectivity index (χ1) is 15.8. The molecule has 0 aliphatic rings. The highest BCUT2D eigenvalue weighted by Gasteiger charge is 2.31. The monoisotopic (exact) mass is 489 g/mol.